The van der Waals surface area contributed by atoms with Crippen molar-refractivity contribution in [1.29, 1.82) is 0 Å². The van der Waals surface area contributed by atoms with Gasteiger partial charge in [-0.15, -0.1) is 0 Å². The molecule has 7 atom stereocenters. The standard InChI is InChI=1S/C22H28O3/c1-12(23)22(24)19-11-18(19)20-17-6-4-13-10-14(25-3)5-7-15(13)16(17)8-9-21(20,22)2/h5,7,10,16-20,24H,4,6,8-9,11H2,1-3H3/t16-,17-,18-,19+,20-,21+,22-/m1/s1. The van der Waals surface area contributed by atoms with Gasteiger partial charge in [-0.05, 0) is 91.9 Å². The average Bonchev–Trinajstić information content (AvgIpc) is 3.36. The van der Waals surface area contributed by atoms with Gasteiger partial charge < -0.3 is 9.84 Å². The number of aliphatic hydroxyl groups is 1. The largest absolute Gasteiger partial charge is 0.497 e. The third-order valence-electron chi connectivity index (χ3n) is 8.43. The fraction of sp³-hybridized carbons (Fsp3) is 0.682. The molecule has 25 heavy (non-hydrogen) atoms. The predicted molar refractivity (Wildman–Crippen MR) is 95.6 cm³/mol. The summed E-state index contributed by atoms with van der Waals surface area (Å²) in [4.78, 5) is 12.4. The van der Waals surface area contributed by atoms with E-state index in [1.165, 1.54) is 17.5 Å². The Morgan fingerprint density at radius 3 is 2.80 bits per heavy atom. The maximum absolute atomic E-state index is 12.4. The summed E-state index contributed by atoms with van der Waals surface area (Å²) in [5.41, 5.74) is 1.64. The number of carbonyl (C=O) groups excluding carboxylic acids is 1. The van der Waals surface area contributed by atoms with Gasteiger partial charge in [0.15, 0.2) is 5.78 Å². The topological polar surface area (TPSA) is 46.5 Å². The molecule has 1 aromatic rings. The highest BCUT2D eigenvalue weighted by Gasteiger charge is 2.77. The smallest absolute Gasteiger partial charge is 0.162 e. The zero-order valence-electron chi connectivity index (χ0n) is 15.4. The molecular formula is C22H28O3. The molecule has 5 rings (SSSR count). The summed E-state index contributed by atoms with van der Waals surface area (Å²) in [7, 11) is 1.73. The van der Waals surface area contributed by atoms with Crippen LogP contribution >= 0.6 is 0 Å². The van der Waals surface area contributed by atoms with Crippen molar-refractivity contribution < 1.29 is 14.6 Å². The van der Waals surface area contributed by atoms with Crippen LogP contribution in [0, 0.1) is 29.1 Å². The van der Waals surface area contributed by atoms with Gasteiger partial charge in [-0.2, -0.15) is 0 Å². The Bertz CT molecular complexity index is 756. The lowest BCUT2D eigenvalue weighted by molar-refractivity contribution is -0.162. The van der Waals surface area contributed by atoms with E-state index >= 15 is 0 Å². The number of ketones is 1. The Morgan fingerprint density at radius 2 is 2.08 bits per heavy atom. The molecule has 1 N–H and O–H groups in total. The second kappa shape index (κ2) is 4.88. The van der Waals surface area contributed by atoms with E-state index in [1.54, 1.807) is 14.0 Å². The molecule has 0 unspecified atom stereocenters. The Labute approximate surface area is 149 Å². The molecule has 3 heteroatoms. The molecular weight excluding hydrogens is 312 g/mol. The Hall–Kier alpha value is -1.35. The SMILES string of the molecule is COc1ccc2c(c1)CC[C@H]1[C@@H]3[C@@H]4C[C@@H]4[C@](O)(C(C)=O)[C@@]3(C)CC[C@H]21. The third-order valence-corrected chi connectivity index (χ3v) is 8.43. The number of hydrogen-bond donors (Lipinski definition) is 1. The highest BCUT2D eigenvalue weighted by Crippen LogP contribution is 2.75. The molecule has 4 aliphatic rings. The molecule has 0 aliphatic heterocycles. The van der Waals surface area contributed by atoms with Crippen LogP contribution in [-0.2, 0) is 11.2 Å². The lowest BCUT2D eigenvalue weighted by Crippen LogP contribution is -2.57. The van der Waals surface area contributed by atoms with Gasteiger partial charge in [-0.1, -0.05) is 13.0 Å². The molecule has 4 aliphatic carbocycles. The third kappa shape index (κ3) is 1.78. The molecule has 3 saturated carbocycles. The monoisotopic (exact) mass is 340 g/mol. The minimum Gasteiger partial charge on any atom is -0.497 e. The maximum atomic E-state index is 12.4. The number of benzene rings is 1. The van der Waals surface area contributed by atoms with E-state index in [2.05, 4.69) is 25.1 Å². The summed E-state index contributed by atoms with van der Waals surface area (Å²) >= 11 is 0. The molecule has 1 aromatic carbocycles. The molecule has 0 aromatic heterocycles. The summed E-state index contributed by atoms with van der Waals surface area (Å²) in [5, 5.41) is 11.4. The van der Waals surface area contributed by atoms with Crippen molar-refractivity contribution in [3.05, 3.63) is 29.3 Å². The molecule has 0 amide bonds. The van der Waals surface area contributed by atoms with Crippen molar-refractivity contribution >= 4 is 5.78 Å². The minimum absolute atomic E-state index is 0.00407. The van der Waals surface area contributed by atoms with Crippen LogP contribution in [0.5, 0.6) is 5.75 Å². The van der Waals surface area contributed by atoms with Crippen LogP contribution in [0.4, 0.5) is 0 Å². The normalized spacial score (nSPS) is 46.5. The van der Waals surface area contributed by atoms with E-state index in [0.29, 0.717) is 23.7 Å². The first-order valence-corrected chi connectivity index (χ1v) is 9.82. The highest BCUT2D eigenvalue weighted by molar-refractivity contribution is 5.87. The van der Waals surface area contributed by atoms with E-state index in [4.69, 9.17) is 4.74 Å². The molecule has 3 fully saturated rings. The number of hydrogen-bond acceptors (Lipinski definition) is 3. The van der Waals surface area contributed by atoms with Gasteiger partial charge in [-0.3, -0.25) is 4.79 Å². The molecule has 0 saturated heterocycles. The van der Waals surface area contributed by atoms with Crippen LogP contribution in [0.2, 0.25) is 0 Å². The molecule has 0 radical (unpaired) electrons. The van der Waals surface area contributed by atoms with Gasteiger partial charge >= 0.3 is 0 Å². The summed E-state index contributed by atoms with van der Waals surface area (Å²) in [6.07, 6.45) is 5.38. The Kier molecular flexibility index (Phi) is 3.10. The zero-order valence-corrected chi connectivity index (χ0v) is 15.4. The Morgan fingerprint density at radius 1 is 1.28 bits per heavy atom. The minimum atomic E-state index is -1.08. The van der Waals surface area contributed by atoms with Crippen LogP contribution in [0.25, 0.3) is 0 Å². The molecule has 3 nitrogen and oxygen atoms in total. The van der Waals surface area contributed by atoms with E-state index in [9.17, 15) is 9.90 Å². The quantitative estimate of drug-likeness (QED) is 0.892. The number of Topliss-reactive ketones (excluding diaryl/α,β-unsaturated/α-hetero) is 1. The maximum Gasteiger partial charge on any atom is 0.162 e. The molecule has 0 heterocycles. The van der Waals surface area contributed by atoms with Gasteiger partial charge in [0.05, 0.1) is 7.11 Å². The first kappa shape index (κ1) is 15.9. The lowest BCUT2D eigenvalue weighted by atomic mass is 9.51. The van der Waals surface area contributed by atoms with E-state index in [-0.39, 0.29) is 17.1 Å². The molecule has 0 bridgehead atoms. The summed E-state index contributed by atoms with van der Waals surface area (Å²) in [6.45, 7) is 3.82. The van der Waals surface area contributed by atoms with E-state index in [1.807, 2.05) is 0 Å². The fourth-order valence-electron chi connectivity index (χ4n) is 7.35. The van der Waals surface area contributed by atoms with Crippen LogP contribution < -0.4 is 4.74 Å². The van der Waals surface area contributed by atoms with Crippen LogP contribution in [0.3, 0.4) is 0 Å². The fourth-order valence-corrected chi connectivity index (χ4v) is 7.35. The first-order chi connectivity index (χ1) is 11.9. The summed E-state index contributed by atoms with van der Waals surface area (Å²) < 4.78 is 5.41. The van der Waals surface area contributed by atoms with E-state index in [0.717, 1.165) is 31.4 Å². The number of ether oxygens (including phenoxy) is 1. The van der Waals surface area contributed by atoms with Crippen LogP contribution in [-0.4, -0.2) is 23.6 Å². The van der Waals surface area contributed by atoms with Gasteiger partial charge in [0.2, 0.25) is 0 Å². The first-order valence-electron chi connectivity index (χ1n) is 9.82. The molecule has 0 spiro atoms. The van der Waals surface area contributed by atoms with Crippen molar-refractivity contribution in [3.8, 4) is 5.75 Å². The van der Waals surface area contributed by atoms with E-state index < -0.39 is 5.60 Å². The second-order valence-corrected chi connectivity index (χ2v) is 9.18. The van der Waals surface area contributed by atoms with Gasteiger partial charge in [0.25, 0.3) is 0 Å². The number of carbonyl (C=O) groups is 1. The number of fused-ring (bicyclic) bond motifs is 7. The summed E-state index contributed by atoms with van der Waals surface area (Å²) in [5.74, 6) is 3.44. The van der Waals surface area contributed by atoms with Crippen molar-refractivity contribution in [3.63, 3.8) is 0 Å². The summed E-state index contributed by atoms with van der Waals surface area (Å²) in [6, 6.07) is 6.57. The number of rotatable bonds is 2. The van der Waals surface area contributed by atoms with Crippen molar-refractivity contribution in [2.45, 2.75) is 57.5 Å². The average molecular weight is 340 g/mol. The lowest BCUT2D eigenvalue weighted by Gasteiger charge is -2.54. The van der Waals surface area contributed by atoms with Crippen molar-refractivity contribution in [2.75, 3.05) is 7.11 Å². The number of aryl methyl sites for hydroxylation is 1. The predicted octanol–water partition coefficient (Wildman–Crippen LogP) is 3.73. The highest BCUT2D eigenvalue weighted by atomic mass is 16.5. The van der Waals surface area contributed by atoms with Gasteiger partial charge in [-0.25, -0.2) is 0 Å². The van der Waals surface area contributed by atoms with Gasteiger partial charge in [0.1, 0.15) is 11.4 Å². The van der Waals surface area contributed by atoms with Crippen molar-refractivity contribution in [2.24, 2.45) is 29.1 Å². The van der Waals surface area contributed by atoms with Crippen molar-refractivity contribution in [1.82, 2.24) is 0 Å². The van der Waals surface area contributed by atoms with Crippen LogP contribution in [0.15, 0.2) is 18.2 Å². The second-order valence-electron chi connectivity index (χ2n) is 9.18. The zero-order chi connectivity index (χ0) is 17.6. The van der Waals surface area contributed by atoms with Crippen LogP contribution in [0.1, 0.15) is 56.6 Å². The molecule has 134 valence electrons. The Balaban J connectivity index is 1.54. The number of methoxy groups -OCH3 is 1. The van der Waals surface area contributed by atoms with Gasteiger partial charge in [0, 0.05) is 5.41 Å².